The van der Waals surface area contributed by atoms with Gasteiger partial charge in [-0.1, -0.05) is 32.9 Å². The fourth-order valence-electron chi connectivity index (χ4n) is 1.22. The maximum Gasteiger partial charge on any atom is 0.161 e. The molecule has 3 nitrogen and oxygen atoms in total. The number of ketones is 1. The predicted octanol–water partition coefficient (Wildman–Crippen LogP) is 3.03. The second-order valence-corrected chi connectivity index (χ2v) is 4.88. The summed E-state index contributed by atoms with van der Waals surface area (Å²) < 4.78 is 4.99. The normalized spacial score (nSPS) is 11.8. The van der Waals surface area contributed by atoms with Crippen LogP contribution >= 0.6 is 0 Å². The van der Waals surface area contributed by atoms with Crippen LogP contribution in [0.2, 0.25) is 0 Å². The molecule has 0 saturated heterocycles. The second kappa shape index (κ2) is 5.04. The largest absolute Gasteiger partial charge is 0.504 e. The number of ether oxygens (including phenoxy) is 1. The first-order chi connectivity index (χ1) is 7.84. The molecule has 0 radical (unpaired) electrons. The summed E-state index contributed by atoms with van der Waals surface area (Å²) in [7, 11) is 1.49. The molecule has 0 aliphatic carbocycles. The third-order valence-electron chi connectivity index (χ3n) is 2.37. The highest BCUT2D eigenvalue weighted by molar-refractivity contribution is 5.97. The van der Waals surface area contributed by atoms with Gasteiger partial charge in [-0.25, -0.2) is 0 Å². The Hall–Kier alpha value is -1.77. The molecule has 1 aromatic rings. The van der Waals surface area contributed by atoms with E-state index in [2.05, 4.69) is 0 Å². The molecule has 0 saturated carbocycles. The Balaban J connectivity index is 2.89. The van der Waals surface area contributed by atoms with Crippen molar-refractivity contribution < 1.29 is 14.6 Å². The van der Waals surface area contributed by atoms with Gasteiger partial charge in [0.05, 0.1) is 7.11 Å². The first kappa shape index (κ1) is 13.3. The highest BCUT2D eigenvalue weighted by Gasteiger charge is 2.17. The molecule has 92 valence electrons. The number of phenolic OH excluding ortho intramolecular Hbond substituents is 1. The standard InChI is InChI=1S/C14H18O3/c1-14(2,3)13(16)8-6-10-5-7-11(15)12(9-10)17-4/h5-9,15H,1-4H3. The Morgan fingerprint density at radius 2 is 2.00 bits per heavy atom. The van der Waals surface area contributed by atoms with Crippen molar-refractivity contribution in [3.8, 4) is 11.5 Å². The average Bonchev–Trinajstić information content (AvgIpc) is 2.26. The van der Waals surface area contributed by atoms with E-state index in [1.54, 1.807) is 30.4 Å². The molecule has 1 rings (SSSR count). The zero-order chi connectivity index (χ0) is 13.1. The number of hydrogen-bond donors (Lipinski definition) is 1. The summed E-state index contributed by atoms with van der Waals surface area (Å²) in [5, 5.41) is 9.43. The van der Waals surface area contributed by atoms with Crippen LogP contribution in [0.25, 0.3) is 6.08 Å². The first-order valence-corrected chi connectivity index (χ1v) is 5.44. The number of aromatic hydroxyl groups is 1. The third-order valence-corrected chi connectivity index (χ3v) is 2.37. The maximum atomic E-state index is 11.7. The summed E-state index contributed by atoms with van der Waals surface area (Å²) in [6.07, 6.45) is 3.27. The number of benzene rings is 1. The molecule has 3 heteroatoms. The lowest BCUT2D eigenvalue weighted by molar-refractivity contribution is -0.121. The zero-order valence-corrected chi connectivity index (χ0v) is 10.7. The molecule has 1 N–H and O–H groups in total. The molecule has 0 atom stereocenters. The van der Waals surface area contributed by atoms with E-state index in [0.717, 1.165) is 5.56 Å². The molecule has 0 spiro atoms. The summed E-state index contributed by atoms with van der Waals surface area (Å²) in [5.74, 6) is 0.548. The van der Waals surface area contributed by atoms with Crippen molar-refractivity contribution in [2.24, 2.45) is 5.41 Å². The molecule has 0 aliphatic heterocycles. The van der Waals surface area contributed by atoms with Gasteiger partial charge in [0.1, 0.15) is 0 Å². The van der Waals surface area contributed by atoms with Gasteiger partial charge in [-0.15, -0.1) is 0 Å². The summed E-state index contributed by atoms with van der Waals surface area (Å²) in [5.41, 5.74) is 0.439. The zero-order valence-electron chi connectivity index (χ0n) is 10.7. The Morgan fingerprint density at radius 1 is 1.35 bits per heavy atom. The van der Waals surface area contributed by atoms with Gasteiger partial charge in [0.2, 0.25) is 0 Å². The molecule has 0 aromatic heterocycles. The quantitative estimate of drug-likeness (QED) is 0.818. The van der Waals surface area contributed by atoms with Gasteiger partial charge in [0.15, 0.2) is 17.3 Å². The molecular formula is C14H18O3. The van der Waals surface area contributed by atoms with E-state index in [9.17, 15) is 9.90 Å². The Bertz CT molecular complexity index is 439. The Kier molecular flexibility index (Phi) is 3.94. The molecule has 0 fully saturated rings. The fourth-order valence-corrected chi connectivity index (χ4v) is 1.22. The summed E-state index contributed by atoms with van der Waals surface area (Å²) >= 11 is 0. The van der Waals surface area contributed by atoms with Crippen LogP contribution < -0.4 is 4.74 Å². The van der Waals surface area contributed by atoms with E-state index in [0.29, 0.717) is 5.75 Å². The maximum absolute atomic E-state index is 11.7. The second-order valence-electron chi connectivity index (χ2n) is 4.88. The van der Waals surface area contributed by atoms with Gasteiger partial charge in [-0.2, -0.15) is 0 Å². The number of rotatable bonds is 3. The monoisotopic (exact) mass is 234 g/mol. The van der Waals surface area contributed by atoms with Crippen molar-refractivity contribution in [3.63, 3.8) is 0 Å². The van der Waals surface area contributed by atoms with Gasteiger partial charge in [0.25, 0.3) is 0 Å². The minimum Gasteiger partial charge on any atom is -0.504 e. The topological polar surface area (TPSA) is 46.5 Å². The lowest BCUT2D eigenvalue weighted by Crippen LogP contribution is -2.17. The molecule has 0 unspecified atom stereocenters. The van der Waals surface area contributed by atoms with Crippen molar-refractivity contribution in [1.29, 1.82) is 0 Å². The number of carbonyl (C=O) groups is 1. The smallest absolute Gasteiger partial charge is 0.161 e. The molecule has 1 aromatic carbocycles. The van der Waals surface area contributed by atoms with Crippen LogP contribution in [0.3, 0.4) is 0 Å². The van der Waals surface area contributed by atoms with E-state index in [4.69, 9.17) is 4.74 Å². The van der Waals surface area contributed by atoms with Crippen LogP contribution in [0.4, 0.5) is 0 Å². The van der Waals surface area contributed by atoms with Crippen LogP contribution in [0.1, 0.15) is 26.3 Å². The van der Waals surface area contributed by atoms with E-state index in [1.807, 2.05) is 20.8 Å². The van der Waals surface area contributed by atoms with Crippen molar-refractivity contribution in [2.75, 3.05) is 7.11 Å². The van der Waals surface area contributed by atoms with Gasteiger partial charge in [0, 0.05) is 5.41 Å². The predicted molar refractivity (Wildman–Crippen MR) is 68.2 cm³/mol. The van der Waals surface area contributed by atoms with Crippen molar-refractivity contribution in [1.82, 2.24) is 0 Å². The number of allylic oxidation sites excluding steroid dienone is 1. The summed E-state index contributed by atoms with van der Waals surface area (Å²) in [6, 6.07) is 4.95. The molecule has 0 bridgehead atoms. The summed E-state index contributed by atoms with van der Waals surface area (Å²) in [4.78, 5) is 11.7. The summed E-state index contributed by atoms with van der Waals surface area (Å²) in [6.45, 7) is 5.62. The highest BCUT2D eigenvalue weighted by atomic mass is 16.5. The van der Waals surface area contributed by atoms with E-state index >= 15 is 0 Å². The van der Waals surface area contributed by atoms with Crippen molar-refractivity contribution >= 4 is 11.9 Å². The van der Waals surface area contributed by atoms with Crippen LogP contribution in [-0.2, 0) is 4.79 Å². The fraction of sp³-hybridized carbons (Fsp3) is 0.357. The van der Waals surface area contributed by atoms with E-state index in [-0.39, 0.29) is 16.9 Å². The number of methoxy groups -OCH3 is 1. The van der Waals surface area contributed by atoms with Crippen molar-refractivity contribution in [3.05, 3.63) is 29.8 Å². The van der Waals surface area contributed by atoms with E-state index < -0.39 is 0 Å². The van der Waals surface area contributed by atoms with Gasteiger partial charge in [-0.3, -0.25) is 4.79 Å². The van der Waals surface area contributed by atoms with Crippen molar-refractivity contribution in [2.45, 2.75) is 20.8 Å². The minimum atomic E-state index is -0.377. The van der Waals surface area contributed by atoms with Gasteiger partial charge < -0.3 is 9.84 Å². The lowest BCUT2D eigenvalue weighted by atomic mass is 9.90. The molecule has 0 heterocycles. The van der Waals surface area contributed by atoms with Crippen LogP contribution in [-0.4, -0.2) is 18.0 Å². The minimum absolute atomic E-state index is 0.0598. The average molecular weight is 234 g/mol. The SMILES string of the molecule is COc1cc(C=CC(=O)C(C)(C)C)ccc1O. The Morgan fingerprint density at radius 3 is 2.53 bits per heavy atom. The number of phenols is 1. The Labute approximate surface area is 102 Å². The number of hydrogen-bond acceptors (Lipinski definition) is 3. The molecule has 0 aliphatic rings. The number of carbonyl (C=O) groups excluding carboxylic acids is 1. The third kappa shape index (κ3) is 3.63. The van der Waals surface area contributed by atoms with E-state index in [1.165, 1.54) is 7.11 Å². The van der Waals surface area contributed by atoms with Crippen LogP contribution in [0.15, 0.2) is 24.3 Å². The van der Waals surface area contributed by atoms with Crippen LogP contribution in [0.5, 0.6) is 11.5 Å². The molecule has 17 heavy (non-hydrogen) atoms. The molecular weight excluding hydrogens is 216 g/mol. The highest BCUT2D eigenvalue weighted by Crippen LogP contribution is 2.27. The van der Waals surface area contributed by atoms with Gasteiger partial charge in [-0.05, 0) is 23.8 Å². The first-order valence-electron chi connectivity index (χ1n) is 5.44. The van der Waals surface area contributed by atoms with Gasteiger partial charge >= 0.3 is 0 Å². The molecule has 0 amide bonds. The van der Waals surface area contributed by atoms with Crippen LogP contribution in [0, 0.1) is 5.41 Å². The lowest BCUT2D eigenvalue weighted by Gasteiger charge is -2.12.